The molecule has 1 heterocycles. The Morgan fingerprint density at radius 2 is 2.47 bits per heavy atom. The fourth-order valence-corrected chi connectivity index (χ4v) is 1.49. The molecule has 1 rings (SSSR count). The van der Waals surface area contributed by atoms with E-state index in [1.165, 1.54) is 6.42 Å². The van der Waals surface area contributed by atoms with Crippen LogP contribution in [0.25, 0.3) is 0 Å². The molecule has 84 valence electrons. The van der Waals surface area contributed by atoms with E-state index < -0.39 is 0 Å². The third-order valence-electron chi connectivity index (χ3n) is 2.09. The van der Waals surface area contributed by atoms with Crippen LogP contribution in [0.5, 0.6) is 0 Å². The van der Waals surface area contributed by atoms with Gasteiger partial charge < -0.3 is 15.6 Å². The fraction of sp³-hybridized carbons (Fsp3) is 0.600. The van der Waals surface area contributed by atoms with Crippen LogP contribution in [0.2, 0.25) is 0 Å². The second kappa shape index (κ2) is 6.40. The summed E-state index contributed by atoms with van der Waals surface area (Å²) in [6, 6.07) is 0.113. The zero-order chi connectivity index (χ0) is 11.1. The molecule has 4 nitrogen and oxygen atoms in total. The van der Waals surface area contributed by atoms with Crippen molar-refractivity contribution >= 4 is 17.3 Å². The van der Waals surface area contributed by atoms with Crippen molar-refractivity contribution in [3.63, 3.8) is 0 Å². The molecule has 1 aromatic rings. The molecule has 0 aliphatic heterocycles. The number of H-pyrrole nitrogens is 1. The molecule has 0 radical (unpaired) electrons. The molecule has 5 heteroatoms. The van der Waals surface area contributed by atoms with Gasteiger partial charge in [-0.3, -0.25) is 0 Å². The first-order chi connectivity index (χ1) is 7.24. The monoisotopic (exact) mass is 226 g/mol. The summed E-state index contributed by atoms with van der Waals surface area (Å²) in [5.74, 6) is 0.898. The van der Waals surface area contributed by atoms with Gasteiger partial charge in [0.15, 0.2) is 5.11 Å². The van der Waals surface area contributed by atoms with Crippen molar-refractivity contribution < 1.29 is 0 Å². The molecule has 0 aliphatic carbocycles. The van der Waals surface area contributed by atoms with Gasteiger partial charge in [-0.25, -0.2) is 4.98 Å². The predicted molar refractivity (Wildman–Crippen MR) is 65.6 cm³/mol. The number of aromatic nitrogens is 2. The predicted octanol–water partition coefficient (Wildman–Crippen LogP) is 1.73. The van der Waals surface area contributed by atoms with Gasteiger partial charge in [0, 0.05) is 18.9 Å². The summed E-state index contributed by atoms with van der Waals surface area (Å²) >= 11 is 5.15. The highest BCUT2D eigenvalue weighted by atomic mass is 32.1. The molecule has 0 saturated carbocycles. The van der Waals surface area contributed by atoms with Crippen molar-refractivity contribution in [1.29, 1.82) is 0 Å². The van der Waals surface area contributed by atoms with Crippen molar-refractivity contribution in [2.45, 2.75) is 32.7 Å². The third-order valence-corrected chi connectivity index (χ3v) is 2.36. The van der Waals surface area contributed by atoms with Gasteiger partial charge in [-0.1, -0.05) is 13.3 Å². The maximum absolute atomic E-state index is 5.15. The Hall–Kier alpha value is -1.10. The molecule has 1 atom stereocenters. The van der Waals surface area contributed by atoms with E-state index in [0.717, 1.165) is 18.8 Å². The maximum Gasteiger partial charge on any atom is 0.166 e. The first kappa shape index (κ1) is 12.0. The van der Waals surface area contributed by atoms with Crippen molar-refractivity contribution in [3.8, 4) is 0 Å². The zero-order valence-electron chi connectivity index (χ0n) is 9.21. The van der Waals surface area contributed by atoms with Crippen LogP contribution >= 0.6 is 12.2 Å². The number of aromatic amines is 1. The number of nitrogens with one attached hydrogen (secondary N) is 3. The van der Waals surface area contributed by atoms with Gasteiger partial charge in [-0.2, -0.15) is 0 Å². The summed E-state index contributed by atoms with van der Waals surface area (Å²) in [6.45, 7) is 5.10. The summed E-state index contributed by atoms with van der Waals surface area (Å²) in [7, 11) is 0. The van der Waals surface area contributed by atoms with E-state index in [0.29, 0.717) is 5.11 Å². The molecule has 0 saturated heterocycles. The molecular formula is C10H18N4S. The number of unbranched alkanes of at least 4 members (excludes halogenated alkanes) is 1. The summed E-state index contributed by atoms with van der Waals surface area (Å²) in [5, 5.41) is 7.01. The molecule has 15 heavy (non-hydrogen) atoms. The molecular weight excluding hydrogens is 208 g/mol. The standard InChI is InChI=1S/C10H18N4S/c1-3-4-5-13-10(15)14-8(2)9-11-6-7-12-9/h6-8H,3-5H2,1-2H3,(H,11,12)(H2,13,14,15). The van der Waals surface area contributed by atoms with E-state index in [2.05, 4.69) is 27.5 Å². The van der Waals surface area contributed by atoms with E-state index in [1.54, 1.807) is 12.4 Å². The number of hydrogen-bond acceptors (Lipinski definition) is 2. The topological polar surface area (TPSA) is 52.7 Å². The Morgan fingerprint density at radius 1 is 1.67 bits per heavy atom. The molecule has 1 aromatic heterocycles. The first-order valence-corrected chi connectivity index (χ1v) is 5.68. The average Bonchev–Trinajstić information content (AvgIpc) is 2.70. The van der Waals surface area contributed by atoms with E-state index in [4.69, 9.17) is 12.2 Å². The third kappa shape index (κ3) is 4.29. The SMILES string of the molecule is CCCCNC(=S)NC(C)c1ncc[nH]1. The number of nitrogens with zero attached hydrogens (tertiary/aromatic N) is 1. The molecule has 0 bridgehead atoms. The lowest BCUT2D eigenvalue weighted by Crippen LogP contribution is -2.37. The van der Waals surface area contributed by atoms with E-state index in [1.807, 2.05) is 6.92 Å². The molecule has 0 spiro atoms. The smallest absolute Gasteiger partial charge is 0.166 e. The van der Waals surface area contributed by atoms with Crippen LogP contribution in [-0.2, 0) is 0 Å². The minimum atomic E-state index is 0.113. The van der Waals surface area contributed by atoms with E-state index in [9.17, 15) is 0 Å². The minimum absolute atomic E-state index is 0.113. The van der Waals surface area contributed by atoms with Crippen molar-refractivity contribution in [1.82, 2.24) is 20.6 Å². The Balaban J connectivity index is 2.26. The van der Waals surface area contributed by atoms with Gasteiger partial charge in [0.25, 0.3) is 0 Å². The lowest BCUT2D eigenvalue weighted by atomic mass is 10.3. The van der Waals surface area contributed by atoms with Crippen molar-refractivity contribution in [3.05, 3.63) is 18.2 Å². The van der Waals surface area contributed by atoms with Gasteiger partial charge in [0.1, 0.15) is 5.82 Å². The average molecular weight is 226 g/mol. The minimum Gasteiger partial charge on any atom is -0.363 e. The Morgan fingerprint density at radius 3 is 3.07 bits per heavy atom. The van der Waals surface area contributed by atoms with E-state index in [-0.39, 0.29) is 6.04 Å². The van der Waals surface area contributed by atoms with Crippen LogP contribution in [0.15, 0.2) is 12.4 Å². The second-order valence-corrected chi connectivity index (χ2v) is 3.86. The normalized spacial score (nSPS) is 12.1. The highest BCUT2D eigenvalue weighted by Gasteiger charge is 2.07. The maximum atomic E-state index is 5.15. The van der Waals surface area contributed by atoms with E-state index >= 15 is 0 Å². The summed E-state index contributed by atoms with van der Waals surface area (Å²) in [6.07, 6.45) is 5.85. The van der Waals surface area contributed by atoms with Gasteiger partial charge in [0.05, 0.1) is 6.04 Å². The van der Waals surface area contributed by atoms with Crippen LogP contribution in [0, 0.1) is 0 Å². The van der Waals surface area contributed by atoms with Gasteiger partial charge >= 0.3 is 0 Å². The number of rotatable bonds is 5. The number of hydrogen-bond donors (Lipinski definition) is 3. The fourth-order valence-electron chi connectivity index (χ4n) is 1.21. The molecule has 0 aromatic carbocycles. The molecule has 0 fully saturated rings. The molecule has 3 N–H and O–H groups in total. The van der Waals surface area contributed by atoms with Crippen LogP contribution in [0.1, 0.15) is 38.6 Å². The zero-order valence-corrected chi connectivity index (χ0v) is 10.0. The lowest BCUT2D eigenvalue weighted by Gasteiger charge is -2.14. The number of thiocarbonyl (C=S) groups is 1. The highest BCUT2D eigenvalue weighted by molar-refractivity contribution is 7.80. The van der Waals surface area contributed by atoms with Crippen molar-refractivity contribution in [2.24, 2.45) is 0 Å². The first-order valence-electron chi connectivity index (χ1n) is 5.27. The van der Waals surface area contributed by atoms with Gasteiger partial charge in [0.2, 0.25) is 0 Å². The summed E-state index contributed by atoms with van der Waals surface area (Å²) < 4.78 is 0. The van der Waals surface area contributed by atoms with Gasteiger partial charge in [-0.15, -0.1) is 0 Å². The Bertz CT molecular complexity index is 284. The number of imidazole rings is 1. The van der Waals surface area contributed by atoms with Crippen LogP contribution < -0.4 is 10.6 Å². The molecule has 0 amide bonds. The van der Waals surface area contributed by atoms with Crippen LogP contribution in [0.4, 0.5) is 0 Å². The van der Waals surface area contributed by atoms with Crippen LogP contribution in [-0.4, -0.2) is 21.6 Å². The largest absolute Gasteiger partial charge is 0.363 e. The lowest BCUT2D eigenvalue weighted by molar-refractivity contribution is 0.652. The van der Waals surface area contributed by atoms with Crippen LogP contribution in [0.3, 0.4) is 0 Å². The quantitative estimate of drug-likeness (QED) is 0.529. The van der Waals surface area contributed by atoms with Gasteiger partial charge in [-0.05, 0) is 25.6 Å². The summed E-state index contributed by atoms with van der Waals surface area (Å²) in [4.78, 5) is 7.21. The van der Waals surface area contributed by atoms with Crippen molar-refractivity contribution in [2.75, 3.05) is 6.54 Å². The Labute approximate surface area is 95.9 Å². The molecule has 0 aliphatic rings. The molecule has 1 unspecified atom stereocenters. The Kier molecular flexibility index (Phi) is 5.10. The summed E-state index contributed by atoms with van der Waals surface area (Å²) in [5.41, 5.74) is 0. The highest BCUT2D eigenvalue weighted by Crippen LogP contribution is 2.04. The second-order valence-electron chi connectivity index (χ2n) is 3.45.